The minimum Gasteiger partial charge on any atom is -0.491 e. The number of aromatic nitrogens is 2. The molecule has 0 radical (unpaired) electrons. The van der Waals surface area contributed by atoms with Gasteiger partial charge in [-0.05, 0) is 38.5 Å². The third-order valence-corrected chi connectivity index (χ3v) is 3.40. The lowest BCUT2D eigenvalue weighted by Gasteiger charge is -2.10. The lowest BCUT2D eigenvalue weighted by atomic mass is 10.2. The van der Waals surface area contributed by atoms with E-state index in [1.165, 1.54) is 6.07 Å². The third-order valence-electron chi connectivity index (χ3n) is 3.40. The normalized spacial score (nSPS) is 11.4. The van der Waals surface area contributed by atoms with Crippen LogP contribution in [0.1, 0.15) is 37.6 Å². The van der Waals surface area contributed by atoms with Crippen LogP contribution in [0.2, 0.25) is 0 Å². The van der Waals surface area contributed by atoms with E-state index >= 15 is 0 Å². The largest absolute Gasteiger partial charge is 0.491 e. The van der Waals surface area contributed by atoms with E-state index < -0.39 is 5.82 Å². The molecule has 0 aliphatic carbocycles. The molecule has 3 N–H and O–H groups in total. The molecular weight excluding hydrogens is 321 g/mol. The van der Waals surface area contributed by atoms with Crippen LogP contribution in [0, 0.1) is 19.7 Å². The number of nitrogens with two attached hydrogens (primary N) is 1. The first kappa shape index (κ1) is 18.6. The van der Waals surface area contributed by atoms with Crippen molar-refractivity contribution in [3.63, 3.8) is 0 Å². The maximum atomic E-state index is 14.1. The summed E-state index contributed by atoms with van der Waals surface area (Å²) < 4.78 is 19.5. The number of nitrogens with one attached hydrogen (secondary N) is 1. The van der Waals surface area contributed by atoms with Crippen LogP contribution in [-0.4, -0.2) is 22.5 Å². The van der Waals surface area contributed by atoms with Crippen LogP contribution in [0.4, 0.5) is 16.0 Å². The van der Waals surface area contributed by atoms with Gasteiger partial charge in [-0.3, -0.25) is 0 Å². The van der Waals surface area contributed by atoms with Gasteiger partial charge >= 0.3 is 0 Å². The fourth-order valence-electron chi connectivity index (χ4n) is 2.27. The van der Waals surface area contributed by atoms with Crippen LogP contribution in [0.3, 0.4) is 0 Å². The SMILES string of the molecule is CCCCCOc1ccc(NC(N)=Nc2nc(C)cc(C)n2)cc1F. The number of anilines is 1. The maximum Gasteiger partial charge on any atom is 0.253 e. The third kappa shape index (κ3) is 6.02. The van der Waals surface area contributed by atoms with Gasteiger partial charge in [0.05, 0.1) is 6.61 Å². The Kier molecular flexibility index (Phi) is 6.68. The molecule has 2 rings (SSSR count). The van der Waals surface area contributed by atoms with Crippen LogP contribution >= 0.6 is 0 Å². The number of unbranched alkanes of at least 4 members (excludes halogenated alkanes) is 2. The van der Waals surface area contributed by atoms with Crippen molar-refractivity contribution in [1.29, 1.82) is 0 Å². The van der Waals surface area contributed by atoms with Crippen molar-refractivity contribution in [1.82, 2.24) is 9.97 Å². The lowest BCUT2D eigenvalue weighted by Crippen LogP contribution is -2.22. The van der Waals surface area contributed by atoms with Crippen molar-refractivity contribution < 1.29 is 9.13 Å². The Balaban J connectivity index is 2.01. The van der Waals surface area contributed by atoms with Gasteiger partial charge in [0.1, 0.15) is 0 Å². The summed E-state index contributed by atoms with van der Waals surface area (Å²) in [6.45, 7) is 6.32. The van der Waals surface area contributed by atoms with E-state index in [1.807, 2.05) is 19.9 Å². The molecule has 0 atom stereocenters. The molecule has 134 valence electrons. The number of aliphatic imine (C=N–C) groups is 1. The molecule has 1 heterocycles. The Morgan fingerprint density at radius 1 is 1.20 bits per heavy atom. The predicted octanol–water partition coefficient (Wildman–Crippen LogP) is 3.86. The molecule has 2 aromatic rings. The molecule has 0 aliphatic heterocycles. The lowest BCUT2D eigenvalue weighted by molar-refractivity contribution is 0.291. The fourth-order valence-corrected chi connectivity index (χ4v) is 2.27. The number of nitrogens with zero attached hydrogens (tertiary/aromatic N) is 3. The number of rotatable bonds is 7. The summed E-state index contributed by atoms with van der Waals surface area (Å²) in [6, 6.07) is 6.42. The molecule has 1 aromatic carbocycles. The second kappa shape index (κ2) is 8.96. The van der Waals surface area contributed by atoms with Gasteiger partial charge in [0.25, 0.3) is 5.95 Å². The minimum absolute atomic E-state index is 0.0843. The number of aryl methyl sites for hydroxylation is 2. The number of guanidine groups is 1. The molecule has 0 aliphatic rings. The zero-order valence-corrected chi connectivity index (χ0v) is 14.8. The van der Waals surface area contributed by atoms with Crippen molar-refractivity contribution in [2.45, 2.75) is 40.0 Å². The number of benzene rings is 1. The number of halogens is 1. The smallest absolute Gasteiger partial charge is 0.253 e. The Hall–Kier alpha value is -2.70. The second-order valence-electron chi connectivity index (χ2n) is 5.77. The van der Waals surface area contributed by atoms with Crippen molar-refractivity contribution in [2.75, 3.05) is 11.9 Å². The summed E-state index contributed by atoms with van der Waals surface area (Å²) in [5.41, 5.74) is 7.92. The first-order valence-electron chi connectivity index (χ1n) is 8.33. The summed E-state index contributed by atoms with van der Waals surface area (Å²) in [5.74, 6) is 0.131. The van der Waals surface area contributed by atoms with E-state index in [-0.39, 0.29) is 17.7 Å². The van der Waals surface area contributed by atoms with Crippen molar-refractivity contribution in [3.05, 3.63) is 41.5 Å². The van der Waals surface area contributed by atoms with Crippen LogP contribution in [-0.2, 0) is 0 Å². The van der Waals surface area contributed by atoms with E-state index in [1.54, 1.807) is 12.1 Å². The van der Waals surface area contributed by atoms with Gasteiger partial charge in [-0.1, -0.05) is 19.8 Å². The van der Waals surface area contributed by atoms with Gasteiger partial charge in [0.15, 0.2) is 11.6 Å². The molecular formula is C18H24FN5O. The van der Waals surface area contributed by atoms with E-state index in [0.29, 0.717) is 12.3 Å². The molecule has 7 heteroatoms. The van der Waals surface area contributed by atoms with E-state index in [2.05, 4.69) is 27.2 Å². The monoisotopic (exact) mass is 345 g/mol. The number of ether oxygens (including phenoxy) is 1. The Bertz CT molecular complexity index is 728. The first-order valence-corrected chi connectivity index (χ1v) is 8.33. The van der Waals surface area contributed by atoms with Gasteiger partial charge in [-0.15, -0.1) is 0 Å². The van der Waals surface area contributed by atoms with E-state index in [9.17, 15) is 4.39 Å². The number of hydrogen-bond donors (Lipinski definition) is 2. The zero-order chi connectivity index (χ0) is 18.2. The van der Waals surface area contributed by atoms with Crippen LogP contribution < -0.4 is 15.8 Å². The maximum absolute atomic E-state index is 14.1. The summed E-state index contributed by atoms with van der Waals surface area (Å²) in [5, 5.41) is 2.83. The average Bonchev–Trinajstić information content (AvgIpc) is 2.52. The predicted molar refractivity (Wildman–Crippen MR) is 97.8 cm³/mol. The minimum atomic E-state index is -0.447. The summed E-state index contributed by atoms with van der Waals surface area (Å²) >= 11 is 0. The van der Waals surface area contributed by atoms with E-state index in [4.69, 9.17) is 10.5 Å². The van der Waals surface area contributed by atoms with Gasteiger partial charge in [-0.25, -0.2) is 14.4 Å². The molecule has 0 unspecified atom stereocenters. The summed E-state index contributed by atoms with van der Waals surface area (Å²) in [7, 11) is 0. The Morgan fingerprint density at radius 3 is 2.56 bits per heavy atom. The quantitative estimate of drug-likeness (QED) is 0.452. The molecule has 0 spiro atoms. The Labute approximate surface area is 147 Å². The molecule has 0 saturated heterocycles. The molecule has 0 saturated carbocycles. The number of hydrogen-bond acceptors (Lipinski definition) is 4. The van der Waals surface area contributed by atoms with Gasteiger partial charge < -0.3 is 15.8 Å². The molecule has 1 aromatic heterocycles. The molecule has 0 fully saturated rings. The molecule has 25 heavy (non-hydrogen) atoms. The van der Waals surface area contributed by atoms with Crippen LogP contribution in [0.25, 0.3) is 0 Å². The Morgan fingerprint density at radius 2 is 1.92 bits per heavy atom. The molecule has 0 bridgehead atoms. The first-order chi connectivity index (χ1) is 12.0. The standard InChI is InChI=1S/C18H24FN5O/c1-4-5-6-9-25-16-8-7-14(11-15(16)19)23-17(20)24-18-21-12(2)10-13(3)22-18/h7-8,10-11H,4-6,9H2,1-3H3,(H3,20,21,22,23,24). The summed E-state index contributed by atoms with van der Waals surface area (Å²) in [4.78, 5) is 12.5. The van der Waals surface area contributed by atoms with Gasteiger partial charge in [0, 0.05) is 23.1 Å². The van der Waals surface area contributed by atoms with Gasteiger partial charge in [0.2, 0.25) is 5.96 Å². The van der Waals surface area contributed by atoms with E-state index in [0.717, 1.165) is 30.7 Å². The highest BCUT2D eigenvalue weighted by atomic mass is 19.1. The average molecular weight is 345 g/mol. The highest BCUT2D eigenvalue weighted by Gasteiger charge is 2.06. The van der Waals surface area contributed by atoms with Gasteiger partial charge in [-0.2, -0.15) is 4.99 Å². The van der Waals surface area contributed by atoms with Crippen LogP contribution in [0.5, 0.6) is 5.75 Å². The highest BCUT2D eigenvalue weighted by Crippen LogP contribution is 2.21. The fraction of sp³-hybridized carbons (Fsp3) is 0.389. The van der Waals surface area contributed by atoms with Crippen LogP contribution in [0.15, 0.2) is 29.3 Å². The second-order valence-corrected chi connectivity index (χ2v) is 5.77. The van der Waals surface area contributed by atoms with Crippen molar-refractivity contribution in [3.8, 4) is 5.75 Å². The molecule has 0 amide bonds. The highest BCUT2D eigenvalue weighted by molar-refractivity contribution is 5.93. The molecule has 6 nitrogen and oxygen atoms in total. The van der Waals surface area contributed by atoms with Crippen molar-refractivity contribution in [2.24, 2.45) is 10.7 Å². The zero-order valence-electron chi connectivity index (χ0n) is 14.8. The topological polar surface area (TPSA) is 85.4 Å². The van der Waals surface area contributed by atoms with Crippen molar-refractivity contribution >= 4 is 17.6 Å². The summed E-state index contributed by atoms with van der Waals surface area (Å²) in [6.07, 6.45) is 3.07.